The standard InChI is InChI=1S/C17H20ClNO2/c1-11-12(2)16(7-6-15(11)18)21-17-8-13(10-20)4-5-14(17)9-19-3/h4-8,19-20H,9-10H2,1-3H3. The second-order valence-electron chi connectivity index (χ2n) is 5.03. The molecule has 0 atom stereocenters. The smallest absolute Gasteiger partial charge is 0.132 e. The van der Waals surface area contributed by atoms with E-state index in [4.69, 9.17) is 16.3 Å². The Morgan fingerprint density at radius 1 is 1.10 bits per heavy atom. The van der Waals surface area contributed by atoms with Crippen molar-refractivity contribution < 1.29 is 9.84 Å². The van der Waals surface area contributed by atoms with Gasteiger partial charge in [-0.05, 0) is 55.8 Å². The van der Waals surface area contributed by atoms with Crippen LogP contribution in [0.5, 0.6) is 11.5 Å². The topological polar surface area (TPSA) is 41.5 Å². The van der Waals surface area contributed by atoms with Crippen LogP contribution in [0.15, 0.2) is 30.3 Å². The molecule has 0 saturated carbocycles. The summed E-state index contributed by atoms with van der Waals surface area (Å²) in [5, 5.41) is 13.2. The number of aliphatic hydroxyl groups is 1. The number of nitrogens with one attached hydrogen (secondary N) is 1. The van der Waals surface area contributed by atoms with Gasteiger partial charge in [-0.1, -0.05) is 23.7 Å². The summed E-state index contributed by atoms with van der Waals surface area (Å²) >= 11 is 6.12. The highest BCUT2D eigenvalue weighted by Gasteiger charge is 2.10. The van der Waals surface area contributed by atoms with Crippen LogP contribution in [-0.4, -0.2) is 12.2 Å². The van der Waals surface area contributed by atoms with Crippen LogP contribution in [0.4, 0.5) is 0 Å². The minimum Gasteiger partial charge on any atom is -0.457 e. The molecule has 0 heterocycles. The highest BCUT2D eigenvalue weighted by Crippen LogP contribution is 2.33. The second kappa shape index (κ2) is 6.94. The second-order valence-corrected chi connectivity index (χ2v) is 5.44. The molecule has 0 aliphatic heterocycles. The summed E-state index contributed by atoms with van der Waals surface area (Å²) in [6, 6.07) is 9.46. The first-order valence-corrected chi connectivity index (χ1v) is 7.25. The molecule has 2 N–H and O–H groups in total. The average Bonchev–Trinajstić information content (AvgIpc) is 2.49. The quantitative estimate of drug-likeness (QED) is 0.878. The van der Waals surface area contributed by atoms with Gasteiger partial charge in [-0.15, -0.1) is 0 Å². The van der Waals surface area contributed by atoms with Crippen molar-refractivity contribution in [3.8, 4) is 11.5 Å². The highest BCUT2D eigenvalue weighted by molar-refractivity contribution is 6.31. The molecule has 0 amide bonds. The molecular weight excluding hydrogens is 286 g/mol. The maximum atomic E-state index is 9.30. The van der Waals surface area contributed by atoms with Crippen molar-refractivity contribution >= 4 is 11.6 Å². The zero-order chi connectivity index (χ0) is 15.4. The third-order valence-electron chi connectivity index (χ3n) is 3.57. The summed E-state index contributed by atoms with van der Waals surface area (Å²) in [4.78, 5) is 0. The van der Waals surface area contributed by atoms with Gasteiger partial charge < -0.3 is 15.2 Å². The molecule has 0 bridgehead atoms. The molecule has 0 aliphatic carbocycles. The molecule has 0 spiro atoms. The fourth-order valence-electron chi connectivity index (χ4n) is 2.12. The van der Waals surface area contributed by atoms with Crippen LogP contribution in [0.2, 0.25) is 5.02 Å². The summed E-state index contributed by atoms with van der Waals surface area (Å²) in [6.07, 6.45) is 0. The first kappa shape index (κ1) is 15.8. The largest absolute Gasteiger partial charge is 0.457 e. The monoisotopic (exact) mass is 305 g/mol. The van der Waals surface area contributed by atoms with E-state index in [9.17, 15) is 5.11 Å². The summed E-state index contributed by atoms with van der Waals surface area (Å²) in [7, 11) is 1.89. The van der Waals surface area contributed by atoms with Gasteiger partial charge in [-0.3, -0.25) is 0 Å². The Morgan fingerprint density at radius 3 is 2.52 bits per heavy atom. The van der Waals surface area contributed by atoms with E-state index in [0.717, 1.165) is 38.8 Å². The highest BCUT2D eigenvalue weighted by atomic mass is 35.5. The lowest BCUT2D eigenvalue weighted by Crippen LogP contribution is -2.07. The summed E-state index contributed by atoms with van der Waals surface area (Å²) < 4.78 is 6.06. The molecule has 0 saturated heterocycles. The van der Waals surface area contributed by atoms with E-state index in [1.54, 1.807) is 0 Å². The van der Waals surface area contributed by atoms with Gasteiger partial charge in [0, 0.05) is 17.1 Å². The molecule has 4 heteroatoms. The molecule has 0 aliphatic rings. The number of rotatable bonds is 5. The van der Waals surface area contributed by atoms with Crippen LogP contribution in [0.1, 0.15) is 22.3 Å². The molecule has 0 aromatic heterocycles. The Hall–Kier alpha value is -1.55. The van der Waals surface area contributed by atoms with Crippen molar-refractivity contribution in [3.63, 3.8) is 0 Å². The van der Waals surface area contributed by atoms with Gasteiger partial charge in [0.1, 0.15) is 11.5 Å². The van der Waals surface area contributed by atoms with Crippen molar-refractivity contribution in [2.24, 2.45) is 0 Å². The molecule has 0 radical (unpaired) electrons. The van der Waals surface area contributed by atoms with Gasteiger partial charge in [0.05, 0.1) is 6.61 Å². The first-order valence-electron chi connectivity index (χ1n) is 6.87. The Balaban J connectivity index is 2.40. The number of halogens is 1. The van der Waals surface area contributed by atoms with Crippen LogP contribution in [-0.2, 0) is 13.2 Å². The zero-order valence-electron chi connectivity index (χ0n) is 12.5. The first-order chi connectivity index (χ1) is 10.1. The molecule has 2 aromatic rings. The lowest BCUT2D eigenvalue weighted by atomic mass is 10.1. The number of hydrogen-bond acceptors (Lipinski definition) is 3. The average molecular weight is 306 g/mol. The van der Waals surface area contributed by atoms with Gasteiger partial charge in [0.15, 0.2) is 0 Å². The molecule has 0 fully saturated rings. The lowest BCUT2D eigenvalue weighted by Gasteiger charge is -2.15. The van der Waals surface area contributed by atoms with Crippen molar-refractivity contribution in [1.82, 2.24) is 5.32 Å². The Morgan fingerprint density at radius 2 is 1.86 bits per heavy atom. The van der Waals surface area contributed by atoms with Crippen LogP contribution in [0, 0.1) is 13.8 Å². The van der Waals surface area contributed by atoms with Crippen molar-refractivity contribution in [2.75, 3.05) is 7.05 Å². The minimum atomic E-state index is -0.00514. The molecule has 21 heavy (non-hydrogen) atoms. The molecular formula is C17H20ClNO2. The van der Waals surface area contributed by atoms with E-state index >= 15 is 0 Å². The predicted molar refractivity (Wildman–Crippen MR) is 86.1 cm³/mol. The molecule has 0 unspecified atom stereocenters. The fourth-order valence-corrected chi connectivity index (χ4v) is 2.33. The fraction of sp³-hybridized carbons (Fsp3) is 0.294. The van der Waals surface area contributed by atoms with Crippen LogP contribution in [0.25, 0.3) is 0 Å². The van der Waals surface area contributed by atoms with Crippen molar-refractivity contribution in [1.29, 1.82) is 0 Å². The predicted octanol–water partition coefficient (Wildman–Crippen LogP) is 3.96. The van der Waals surface area contributed by atoms with Crippen LogP contribution in [0.3, 0.4) is 0 Å². The number of benzene rings is 2. The van der Waals surface area contributed by atoms with Gasteiger partial charge in [0.25, 0.3) is 0 Å². The van der Waals surface area contributed by atoms with E-state index in [-0.39, 0.29) is 6.61 Å². The molecule has 3 nitrogen and oxygen atoms in total. The van der Waals surface area contributed by atoms with Crippen molar-refractivity contribution in [2.45, 2.75) is 27.0 Å². The van der Waals surface area contributed by atoms with Crippen LogP contribution >= 0.6 is 11.6 Å². The van der Waals surface area contributed by atoms with Gasteiger partial charge in [0.2, 0.25) is 0 Å². The summed E-state index contributed by atoms with van der Waals surface area (Å²) in [6.45, 7) is 4.66. The van der Waals surface area contributed by atoms with Crippen LogP contribution < -0.4 is 10.1 Å². The number of ether oxygens (including phenoxy) is 1. The Kier molecular flexibility index (Phi) is 5.23. The van der Waals surface area contributed by atoms with Gasteiger partial charge >= 0.3 is 0 Å². The Labute approximate surface area is 130 Å². The van der Waals surface area contributed by atoms with E-state index < -0.39 is 0 Å². The maximum Gasteiger partial charge on any atom is 0.132 e. The summed E-state index contributed by atoms with van der Waals surface area (Å²) in [5.41, 5.74) is 3.91. The van der Waals surface area contributed by atoms with Gasteiger partial charge in [-0.2, -0.15) is 0 Å². The third-order valence-corrected chi connectivity index (χ3v) is 3.98. The van der Waals surface area contributed by atoms with Crippen molar-refractivity contribution in [3.05, 3.63) is 57.6 Å². The molecule has 2 rings (SSSR count). The van der Waals surface area contributed by atoms with Gasteiger partial charge in [-0.25, -0.2) is 0 Å². The third kappa shape index (κ3) is 3.56. The molecule has 2 aromatic carbocycles. The van der Waals surface area contributed by atoms with E-state index in [2.05, 4.69) is 5.32 Å². The lowest BCUT2D eigenvalue weighted by molar-refractivity contribution is 0.281. The van der Waals surface area contributed by atoms with E-state index in [1.165, 1.54) is 0 Å². The van der Waals surface area contributed by atoms with E-state index in [0.29, 0.717) is 6.54 Å². The van der Waals surface area contributed by atoms with E-state index in [1.807, 2.05) is 51.2 Å². The minimum absolute atomic E-state index is 0.00514. The summed E-state index contributed by atoms with van der Waals surface area (Å²) in [5.74, 6) is 1.53. The number of hydrogen-bond donors (Lipinski definition) is 2. The number of aliphatic hydroxyl groups excluding tert-OH is 1. The maximum absolute atomic E-state index is 9.30. The Bertz CT molecular complexity index is 641. The molecule has 112 valence electrons. The zero-order valence-corrected chi connectivity index (χ0v) is 13.3. The normalized spacial score (nSPS) is 10.7. The SMILES string of the molecule is CNCc1ccc(CO)cc1Oc1ccc(Cl)c(C)c1C.